The largest absolute Gasteiger partial charge is 0.462 e. The number of esters is 1. The van der Waals surface area contributed by atoms with E-state index in [1.165, 1.54) is 11.3 Å². The Labute approximate surface area is 195 Å². The van der Waals surface area contributed by atoms with Gasteiger partial charge >= 0.3 is 5.97 Å². The fourth-order valence-electron chi connectivity index (χ4n) is 3.34. The number of para-hydroxylation sites is 1. The minimum absolute atomic E-state index is 0.0323. The van der Waals surface area contributed by atoms with Crippen molar-refractivity contribution in [2.24, 2.45) is 10.8 Å². The number of nitrogens with zero attached hydrogens (tertiary/aromatic N) is 3. The SMILES string of the molecule is CCOC(=O)/C(C#N)=C(N)\C(=N/Nc1ccccc1)C(=O)Nc1sc2c(c1C#N)CCCC2. The number of nitrogens with one attached hydrogen (secondary N) is 2. The van der Waals surface area contributed by atoms with E-state index in [-0.39, 0.29) is 12.3 Å². The number of hydrazone groups is 1. The van der Waals surface area contributed by atoms with Gasteiger partial charge in [0.05, 0.1) is 23.6 Å². The van der Waals surface area contributed by atoms with Crippen LogP contribution in [0.1, 0.15) is 35.8 Å². The molecule has 1 heterocycles. The third-order valence-corrected chi connectivity index (χ3v) is 6.12. The molecule has 1 amide bonds. The Bertz CT molecular complexity index is 1200. The molecule has 2 aromatic rings. The van der Waals surface area contributed by atoms with Crippen molar-refractivity contribution < 1.29 is 14.3 Å². The number of amides is 1. The van der Waals surface area contributed by atoms with Crippen LogP contribution in [0, 0.1) is 22.7 Å². The second kappa shape index (κ2) is 10.9. The maximum absolute atomic E-state index is 13.2. The zero-order valence-corrected chi connectivity index (χ0v) is 18.8. The van der Waals surface area contributed by atoms with Crippen molar-refractivity contribution in [3.8, 4) is 12.1 Å². The van der Waals surface area contributed by atoms with Crippen LogP contribution in [-0.4, -0.2) is 24.2 Å². The standard InChI is InChI=1S/C23H22N6O3S/c1-2-32-23(31)17(13-25)19(26)20(29-28-14-8-4-3-5-9-14)21(30)27-22-16(12-24)15-10-6-7-11-18(15)33-22/h3-5,8-9,28H,2,6-7,10-11,26H2,1H3,(H,27,30)/b19-17+,29-20+. The van der Waals surface area contributed by atoms with Crippen molar-refractivity contribution in [2.75, 3.05) is 17.3 Å². The Kier molecular flexibility index (Phi) is 7.79. The van der Waals surface area contributed by atoms with Crippen LogP contribution in [-0.2, 0) is 27.2 Å². The van der Waals surface area contributed by atoms with Gasteiger partial charge in [0.1, 0.15) is 17.1 Å². The van der Waals surface area contributed by atoms with Crippen molar-refractivity contribution in [3.05, 3.63) is 57.6 Å². The summed E-state index contributed by atoms with van der Waals surface area (Å²) in [5.41, 5.74) is 9.36. The lowest BCUT2D eigenvalue weighted by atomic mass is 9.96. The number of ether oxygens (including phenoxy) is 1. The van der Waals surface area contributed by atoms with Crippen LogP contribution in [0.25, 0.3) is 0 Å². The van der Waals surface area contributed by atoms with Crippen LogP contribution in [0.15, 0.2) is 46.7 Å². The molecule has 0 saturated heterocycles. The zero-order valence-electron chi connectivity index (χ0n) is 18.0. The van der Waals surface area contributed by atoms with Crippen molar-refractivity contribution in [1.82, 2.24) is 0 Å². The van der Waals surface area contributed by atoms with Crippen molar-refractivity contribution in [1.29, 1.82) is 10.5 Å². The minimum atomic E-state index is -0.956. The number of thiophene rings is 1. The number of carbonyl (C=O) groups is 2. The smallest absolute Gasteiger partial charge is 0.351 e. The summed E-state index contributed by atoms with van der Waals surface area (Å²) in [5.74, 6) is -1.72. The molecular weight excluding hydrogens is 440 g/mol. The lowest BCUT2D eigenvalue weighted by molar-refractivity contribution is -0.138. The maximum atomic E-state index is 13.2. The number of nitrogens with two attached hydrogens (primary N) is 1. The third-order valence-electron chi connectivity index (χ3n) is 4.91. The number of fused-ring (bicyclic) bond motifs is 1. The maximum Gasteiger partial charge on any atom is 0.351 e. The third kappa shape index (κ3) is 5.37. The number of rotatable bonds is 7. The number of anilines is 2. The molecule has 0 radical (unpaired) electrons. The molecule has 4 N–H and O–H groups in total. The van der Waals surface area contributed by atoms with Gasteiger partial charge in [-0.3, -0.25) is 10.2 Å². The van der Waals surface area contributed by atoms with E-state index in [4.69, 9.17) is 10.5 Å². The molecule has 1 aromatic heterocycles. The summed E-state index contributed by atoms with van der Waals surface area (Å²) in [6.45, 7) is 1.62. The predicted octanol–water partition coefficient (Wildman–Crippen LogP) is 3.20. The molecule has 0 saturated carbocycles. The number of hydrogen-bond donors (Lipinski definition) is 3. The summed E-state index contributed by atoms with van der Waals surface area (Å²) in [4.78, 5) is 26.4. The molecule has 10 heteroatoms. The van der Waals surface area contributed by atoms with Crippen LogP contribution < -0.4 is 16.5 Å². The number of benzene rings is 1. The fourth-order valence-corrected chi connectivity index (χ4v) is 4.57. The van der Waals surface area contributed by atoms with E-state index in [0.717, 1.165) is 36.1 Å². The van der Waals surface area contributed by atoms with E-state index in [0.29, 0.717) is 16.3 Å². The zero-order chi connectivity index (χ0) is 23.8. The normalized spacial score (nSPS) is 13.6. The first-order valence-corrected chi connectivity index (χ1v) is 11.1. The number of carbonyl (C=O) groups excluding carboxylic acids is 2. The van der Waals surface area contributed by atoms with Gasteiger partial charge in [0.15, 0.2) is 11.3 Å². The van der Waals surface area contributed by atoms with Crippen LogP contribution in [0.5, 0.6) is 0 Å². The van der Waals surface area contributed by atoms with Gasteiger partial charge in [-0.1, -0.05) is 18.2 Å². The van der Waals surface area contributed by atoms with E-state index in [1.54, 1.807) is 37.3 Å². The topological polar surface area (TPSA) is 153 Å². The summed E-state index contributed by atoms with van der Waals surface area (Å²) in [5, 5.41) is 26.3. The van der Waals surface area contributed by atoms with E-state index in [2.05, 4.69) is 21.9 Å². The first-order chi connectivity index (χ1) is 16.0. The molecule has 3 rings (SSSR count). The van der Waals surface area contributed by atoms with Crippen LogP contribution in [0.4, 0.5) is 10.7 Å². The monoisotopic (exact) mass is 462 g/mol. The molecule has 0 fully saturated rings. The first kappa shape index (κ1) is 23.5. The highest BCUT2D eigenvalue weighted by Crippen LogP contribution is 2.37. The average molecular weight is 463 g/mol. The first-order valence-electron chi connectivity index (χ1n) is 10.3. The van der Waals surface area contributed by atoms with Gasteiger partial charge in [-0.2, -0.15) is 15.6 Å². The highest BCUT2D eigenvalue weighted by Gasteiger charge is 2.27. The lowest BCUT2D eigenvalue weighted by Crippen LogP contribution is -2.31. The quantitative estimate of drug-likeness (QED) is 0.188. The van der Waals surface area contributed by atoms with Crippen LogP contribution >= 0.6 is 11.3 Å². The van der Waals surface area contributed by atoms with E-state index in [1.807, 2.05) is 6.07 Å². The van der Waals surface area contributed by atoms with Crippen LogP contribution in [0.2, 0.25) is 0 Å². The Morgan fingerprint density at radius 3 is 2.61 bits per heavy atom. The van der Waals surface area contributed by atoms with Gasteiger partial charge < -0.3 is 15.8 Å². The van der Waals surface area contributed by atoms with E-state index >= 15 is 0 Å². The highest BCUT2D eigenvalue weighted by atomic mass is 32.1. The number of aryl methyl sites for hydroxylation is 1. The average Bonchev–Trinajstić information content (AvgIpc) is 3.17. The van der Waals surface area contributed by atoms with Gasteiger partial charge in [0.25, 0.3) is 5.91 Å². The molecule has 0 bridgehead atoms. The Morgan fingerprint density at radius 2 is 1.94 bits per heavy atom. The van der Waals surface area contributed by atoms with E-state index < -0.39 is 23.1 Å². The molecule has 1 aliphatic rings. The molecule has 0 atom stereocenters. The second-order valence-electron chi connectivity index (χ2n) is 7.04. The fraction of sp³-hybridized carbons (Fsp3) is 0.261. The van der Waals surface area contributed by atoms with E-state index in [9.17, 15) is 20.1 Å². The van der Waals surface area contributed by atoms with Crippen molar-refractivity contribution in [2.45, 2.75) is 32.6 Å². The highest BCUT2D eigenvalue weighted by molar-refractivity contribution is 7.16. The lowest BCUT2D eigenvalue weighted by Gasteiger charge is -2.11. The van der Waals surface area contributed by atoms with Gasteiger partial charge in [0.2, 0.25) is 0 Å². The molecule has 0 aliphatic heterocycles. The van der Waals surface area contributed by atoms with Gasteiger partial charge in [0, 0.05) is 4.88 Å². The molecule has 0 spiro atoms. The molecule has 168 valence electrons. The molecular formula is C23H22N6O3S. The summed E-state index contributed by atoms with van der Waals surface area (Å²) < 4.78 is 4.87. The Morgan fingerprint density at radius 1 is 1.21 bits per heavy atom. The second-order valence-corrected chi connectivity index (χ2v) is 8.15. The predicted molar refractivity (Wildman–Crippen MR) is 125 cm³/mol. The van der Waals surface area contributed by atoms with Crippen LogP contribution in [0.3, 0.4) is 0 Å². The Balaban J connectivity index is 2.00. The van der Waals surface area contributed by atoms with Crippen molar-refractivity contribution >= 4 is 39.6 Å². The van der Waals surface area contributed by atoms with Gasteiger partial charge in [-0.05, 0) is 50.3 Å². The summed E-state index contributed by atoms with van der Waals surface area (Å²) in [7, 11) is 0. The number of nitriles is 2. The summed E-state index contributed by atoms with van der Waals surface area (Å²) >= 11 is 1.34. The van der Waals surface area contributed by atoms with Gasteiger partial charge in [-0.25, -0.2) is 4.79 Å². The summed E-state index contributed by atoms with van der Waals surface area (Å²) in [6.07, 6.45) is 3.65. The molecule has 0 unspecified atom stereocenters. The Hall–Kier alpha value is -4.15. The molecule has 9 nitrogen and oxygen atoms in total. The molecule has 33 heavy (non-hydrogen) atoms. The molecule has 1 aromatic carbocycles. The molecule has 1 aliphatic carbocycles. The number of hydrogen-bond acceptors (Lipinski definition) is 9. The summed E-state index contributed by atoms with van der Waals surface area (Å²) in [6, 6.07) is 12.7. The minimum Gasteiger partial charge on any atom is -0.462 e. The van der Waals surface area contributed by atoms with Crippen molar-refractivity contribution in [3.63, 3.8) is 0 Å². The van der Waals surface area contributed by atoms with Gasteiger partial charge in [-0.15, -0.1) is 11.3 Å².